The number of methoxy groups -OCH3 is 1. The largest absolute Gasteiger partial charge is 0.493 e. The molecule has 1 fully saturated rings. The molecule has 23 heavy (non-hydrogen) atoms. The fraction of sp³-hybridized carbons (Fsp3) is 0.667. The summed E-state index contributed by atoms with van der Waals surface area (Å²) in [5, 5.41) is 3.40. The summed E-state index contributed by atoms with van der Waals surface area (Å²) in [6.07, 6.45) is 2.54. The summed E-state index contributed by atoms with van der Waals surface area (Å²) < 4.78 is 11.3. The summed E-state index contributed by atoms with van der Waals surface area (Å²) in [6.45, 7) is 8.28. The van der Waals surface area contributed by atoms with Crippen molar-refractivity contribution in [3.63, 3.8) is 0 Å². The summed E-state index contributed by atoms with van der Waals surface area (Å²) in [5.41, 5.74) is 1.29. The second-order valence-corrected chi connectivity index (χ2v) is 6.55. The number of nitrogens with zero attached hydrogens (tertiary/aromatic N) is 1. The molecule has 0 aromatic heterocycles. The van der Waals surface area contributed by atoms with E-state index in [9.17, 15) is 0 Å². The zero-order valence-electron chi connectivity index (χ0n) is 14.8. The van der Waals surface area contributed by atoms with Gasteiger partial charge in [-0.1, -0.05) is 19.9 Å². The molecule has 1 N–H and O–H groups in total. The van der Waals surface area contributed by atoms with Crippen LogP contribution in [-0.4, -0.2) is 44.8 Å². The molecule has 0 spiro atoms. The number of rotatable bonds is 7. The van der Waals surface area contributed by atoms with E-state index in [1.807, 2.05) is 6.07 Å². The first-order valence-corrected chi connectivity index (χ1v) is 8.31. The Labute approximate surface area is 146 Å². The Balaban J connectivity index is 0.00000264. The lowest BCUT2D eigenvalue weighted by atomic mass is 10.0. The molecule has 0 amide bonds. The molecule has 1 unspecified atom stereocenters. The number of hydrogen-bond acceptors (Lipinski definition) is 4. The smallest absolute Gasteiger partial charge is 0.161 e. The van der Waals surface area contributed by atoms with E-state index in [0.29, 0.717) is 18.6 Å². The van der Waals surface area contributed by atoms with Gasteiger partial charge in [0.15, 0.2) is 11.5 Å². The zero-order valence-corrected chi connectivity index (χ0v) is 15.6. The maximum absolute atomic E-state index is 5.91. The van der Waals surface area contributed by atoms with Gasteiger partial charge in [-0.15, -0.1) is 12.4 Å². The van der Waals surface area contributed by atoms with Crippen LogP contribution in [0.15, 0.2) is 18.2 Å². The molecule has 1 atom stereocenters. The second kappa shape index (κ2) is 10.0. The first-order valence-electron chi connectivity index (χ1n) is 8.31. The number of nitrogens with one attached hydrogen (secondary N) is 1. The molecule has 0 radical (unpaired) electrons. The van der Waals surface area contributed by atoms with Crippen molar-refractivity contribution in [2.75, 3.05) is 33.9 Å². The van der Waals surface area contributed by atoms with E-state index in [-0.39, 0.29) is 12.4 Å². The highest BCUT2D eigenvalue weighted by atomic mass is 35.5. The van der Waals surface area contributed by atoms with Gasteiger partial charge in [0.2, 0.25) is 0 Å². The summed E-state index contributed by atoms with van der Waals surface area (Å²) >= 11 is 0. The molecule has 1 heterocycles. The molecule has 5 heteroatoms. The fourth-order valence-corrected chi connectivity index (χ4v) is 2.88. The SMILES string of the molecule is CNC1CCCN(Cc2ccc(OC)c(OCC(C)C)c2)C1.Cl. The van der Waals surface area contributed by atoms with Crippen LogP contribution in [-0.2, 0) is 6.54 Å². The molecular formula is C18H31ClN2O2. The standard InChI is InChI=1S/C18H30N2O2.ClH/c1-14(2)13-22-18-10-15(7-8-17(18)21-4)11-20-9-5-6-16(12-20)19-3;/h7-8,10,14,16,19H,5-6,9,11-13H2,1-4H3;1H. The van der Waals surface area contributed by atoms with Crippen LogP contribution in [0.4, 0.5) is 0 Å². The third-order valence-electron chi connectivity index (χ3n) is 4.12. The van der Waals surface area contributed by atoms with Gasteiger partial charge in [-0.3, -0.25) is 4.90 Å². The van der Waals surface area contributed by atoms with Gasteiger partial charge in [0.1, 0.15) is 0 Å². The molecule has 4 nitrogen and oxygen atoms in total. The fourth-order valence-electron chi connectivity index (χ4n) is 2.88. The van der Waals surface area contributed by atoms with Crippen LogP contribution in [0.2, 0.25) is 0 Å². The number of hydrogen-bond donors (Lipinski definition) is 1. The van der Waals surface area contributed by atoms with Gasteiger partial charge >= 0.3 is 0 Å². The molecule has 1 aliphatic rings. The maximum atomic E-state index is 5.91. The Morgan fingerprint density at radius 2 is 2.09 bits per heavy atom. The van der Waals surface area contributed by atoms with Gasteiger partial charge in [-0.05, 0) is 50.0 Å². The van der Waals surface area contributed by atoms with Crippen molar-refractivity contribution in [1.29, 1.82) is 0 Å². The third-order valence-corrected chi connectivity index (χ3v) is 4.12. The summed E-state index contributed by atoms with van der Waals surface area (Å²) in [7, 11) is 3.75. The number of likely N-dealkylation sites (N-methyl/N-ethyl adjacent to an activating group) is 1. The molecule has 1 aromatic rings. The lowest BCUT2D eigenvalue weighted by Gasteiger charge is -2.32. The molecule has 1 aromatic carbocycles. The van der Waals surface area contributed by atoms with Gasteiger partial charge < -0.3 is 14.8 Å². The lowest BCUT2D eigenvalue weighted by molar-refractivity contribution is 0.187. The van der Waals surface area contributed by atoms with E-state index in [1.54, 1.807) is 7.11 Å². The molecule has 1 saturated heterocycles. The van der Waals surface area contributed by atoms with Gasteiger partial charge in [0, 0.05) is 19.1 Å². The Morgan fingerprint density at radius 3 is 2.74 bits per heavy atom. The van der Waals surface area contributed by atoms with Crippen LogP contribution in [0.3, 0.4) is 0 Å². The van der Waals surface area contributed by atoms with Crippen molar-refractivity contribution in [2.24, 2.45) is 5.92 Å². The Kier molecular flexibility index (Phi) is 8.74. The topological polar surface area (TPSA) is 33.7 Å². The van der Waals surface area contributed by atoms with Crippen molar-refractivity contribution in [3.8, 4) is 11.5 Å². The molecule has 132 valence electrons. The minimum atomic E-state index is 0. The molecule has 2 rings (SSSR count). The van der Waals surface area contributed by atoms with E-state index >= 15 is 0 Å². The molecular weight excluding hydrogens is 312 g/mol. The minimum Gasteiger partial charge on any atom is -0.493 e. The normalized spacial score (nSPS) is 18.6. The Morgan fingerprint density at radius 1 is 1.30 bits per heavy atom. The monoisotopic (exact) mass is 342 g/mol. The van der Waals surface area contributed by atoms with Crippen molar-refractivity contribution in [2.45, 2.75) is 39.3 Å². The van der Waals surface area contributed by atoms with Gasteiger partial charge in [0.25, 0.3) is 0 Å². The average Bonchev–Trinajstić information content (AvgIpc) is 2.53. The Bertz CT molecular complexity index is 468. The molecule has 0 saturated carbocycles. The average molecular weight is 343 g/mol. The number of ether oxygens (including phenoxy) is 2. The quantitative estimate of drug-likeness (QED) is 0.824. The number of halogens is 1. The summed E-state index contributed by atoms with van der Waals surface area (Å²) in [6, 6.07) is 6.90. The number of piperidine rings is 1. The maximum Gasteiger partial charge on any atom is 0.161 e. The second-order valence-electron chi connectivity index (χ2n) is 6.55. The molecule has 0 aliphatic carbocycles. The highest BCUT2D eigenvalue weighted by Crippen LogP contribution is 2.29. The number of likely N-dealkylation sites (tertiary alicyclic amines) is 1. The van der Waals surface area contributed by atoms with E-state index in [4.69, 9.17) is 9.47 Å². The molecule has 1 aliphatic heterocycles. The van der Waals surface area contributed by atoms with Crippen LogP contribution >= 0.6 is 12.4 Å². The lowest BCUT2D eigenvalue weighted by Crippen LogP contribution is -2.43. The van der Waals surface area contributed by atoms with Crippen molar-refractivity contribution >= 4 is 12.4 Å². The third kappa shape index (κ3) is 6.21. The van der Waals surface area contributed by atoms with Crippen molar-refractivity contribution < 1.29 is 9.47 Å². The van der Waals surface area contributed by atoms with Crippen LogP contribution in [0.1, 0.15) is 32.3 Å². The van der Waals surface area contributed by atoms with Crippen LogP contribution in [0.5, 0.6) is 11.5 Å². The van der Waals surface area contributed by atoms with E-state index < -0.39 is 0 Å². The first-order chi connectivity index (χ1) is 10.6. The van der Waals surface area contributed by atoms with Crippen LogP contribution in [0, 0.1) is 5.92 Å². The van der Waals surface area contributed by atoms with E-state index in [2.05, 4.69) is 43.2 Å². The molecule has 0 bridgehead atoms. The van der Waals surface area contributed by atoms with E-state index in [1.165, 1.54) is 24.9 Å². The predicted octanol–water partition coefficient (Wildman–Crippen LogP) is 3.34. The van der Waals surface area contributed by atoms with Crippen LogP contribution in [0.25, 0.3) is 0 Å². The van der Waals surface area contributed by atoms with Gasteiger partial charge in [0.05, 0.1) is 13.7 Å². The number of benzene rings is 1. The first kappa shape index (κ1) is 20.1. The zero-order chi connectivity index (χ0) is 15.9. The van der Waals surface area contributed by atoms with Crippen molar-refractivity contribution in [3.05, 3.63) is 23.8 Å². The minimum absolute atomic E-state index is 0. The predicted molar refractivity (Wildman–Crippen MR) is 97.9 cm³/mol. The van der Waals surface area contributed by atoms with Crippen molar-refractivity contribution in [1.82, 2.24) is 10.2 Å². The summed E-state index contributed by atoms with van der Waals surface area (Å²) in [4.78, 5) is 2.51. The Hall–Kier alpha value is -0.970. The highest BCUT2D eigenvalue weighted by molar-refractivity contribution is 5.85. The highest BCUT2D eigenvalue weighted by Gasteiger charge is 2.18. The van der Waals surface area contributed by atoms with Gasteiger partial charge in [-0.25, -0.2) is 0 Å². The summed E-state index contributed by atoms with van der Waals surface area (Å²) in [5.74, 6) is 2.18. The van der Waals surface area contributed by atoms with E-state index in [0.717, 1.165) is 24.6 Å². The van der Waals surface area contributed by atoms with Crippen LogP contribution < -0.4 is 14.8 Å². The van der Waals surface area contributed by atoms with Gasteiger partial charge in [-0.2, -0.15) is 0 Å².